The first kappa shape index (κ1) is 13.4. The Labute approximate surface area is 111 Å². The lowest BCUT2D eigenvalue weighted by molar-refractivity contribution is 0.174. The van der Waals surface area contributed by atoms with E-state index in [0.29, 0.717) is 12.1 Å². The first-order valence-corrected chi connectivity index (χ1v) is 7.24. The smallest absolute Gasteiger partial charge is 0.0807 e. The topological polar surface area (TPSA) is 23.5 Å². The Morgan fingerprint density at radius 3 is 2.67 bits per heavy atom. The van der Waals surface area contributed by atoms with E-state index in [4.69, 9.17) is 0 Å². The Bertz CT molecular complexity index is 390. The molecule has 2 rings (SSSR count). The first-order chi connectivity index (χ1) is 8.69. The van der Waals surface area contributed by atoms with Crippen molar-refractivity contribution in [1.29, 1.82) is 0 Å². The van der Waals surface area contributed by atoms with Crippen molar-refractivity contribution >= 4 is 5.69 Å². The Morgan fingerprint density at radius 1 is 1.28 bits per heavy atom. The molecule has 1 aliphatic rings. The lowest BCUT2D eigenvalue weighted by Crippen LogP contribution is -2.35. The zero-order valence-corrected chi connectivity index (χ0v) is 11.8. The fraction of sp³-hybridized carbons (Fsp3) is 0.625. The molecule has 1 fully saturated rings. The summed E-state index contributed by atoms with van der Waals surface area (Å²) in [5.41, 5.74) is 2.33. The zero-order valence-electron chi connectivity index (χ0n) is 11.8. The van der Waals surface area contributed by atoms with Gasteiger partial charge in [-0.3, -0.25) is 0 Å². The summed E-state index contributed by atoms with van der Waals surface area (Å²) in [5, 5.41) is 10.2. The Kier molecular flexibility index (Phi) is 4.28. The van der Waals surface area contributed by atoms with E-state index in [1.54, 1.807) is 0 Å². The quantitative estimate of drug-likeness (QED) is 0.872. The van der Waals surface area contributed by atoms with E-state index in [9.17, 15) is 5.11 Å². The maximum atomic E-state index is 10.2. The van der Waals surface area contributed by atoms with Crippen LogP contribution in [0.3, 0.4) is 0 Å². The third-order valence-electron chi connectivity index (χ3n) is 4.22. The summed E-state index contributed by atoms with van der Waals surface area (Å²) in [6, 6.07) is 9.56. The van der Waals surface area contributed by atoms with Crippen LogP contribution in [0.4, 0.5) is 5.69 Å². The number of benzene rings is 1. The number of aliphatic hydroxyl groups is 1. The molecule has 0 amide bonds. The van der Waals surface area contributed by atoms with Crippen LogP contribution in [-0.4, -0.2) is 17.2 Å². The van der Waals surface area contributed by atoms with Crippen molar-refractivity contribution in [1.82, 2.24) is 0 Å². The molecule has 3 atom stereocenters. The van der Waals surface area contributed by atoms with E-state index in [0.717, 1.165) is 12.0 Å². The number of rotatable bonds is 4. The van der Waals surface area contributed by atoms with Gasteiger partial charge in [-0.05, 0) is 38.7 Å². The van der Waals surface area contributed by atoms with Gasteiger partial charge in [-0.25, -0.2) is 0 Å². The summed E-state index contributed by atoms with van der Waals surface area (Å²) >= 11 is 0. The van der Waals surface area contributed by atoms with Crippen molar-refractivity contribution in [3.8, 4) is 0 Å². The van der Waals surface area contributed by atoms with Crippen molar-refractivity contribution in [2.75, 3.05) is 4.90 Å². The minimum absolute atomic E-state index is 0.341. The number of para-hydroxylation sites is 1. The summed E-state index contributed by atoms with van der Waals surface area (Å²) in [6.07, 6.45) is 4.15. The molecule has 2 heteroatoms. The second-order valence-corrected chi connectivity index (χ2v) is 5.38. The highest BCUT2D eigenvalue weighted by molar-refractivity contribution is 5.57. The highest BCUT2D eigenvalue weighted by Crippen LogP contribution is 2.36. The molecule has 0 saturated carbocycles. The molecule has 1 aliphatic heterocycles. The van der Waals surface area contributed by atoms with Crippen LogP contribution in [-0.2, 0) is 0 Å². The van der Waals surface area contributed by atoms with Gasteiger partial charge in [0.15, 0.2) is 0 Å². The molecule has 1 heterocycles. The fourth-order valence-electron chi connectivity index (χ4n) is 3.13. The second-order valence-electron chi connectivity index (χ2n) is 5.38. The molecule has 0 radical (unpaired) electrons. The molecule has 1 N–H and O–H groups in total. The molecule has 0 spiro atoms. The van der Waals surface area contributed by atoms with Gasteiger partial charge in [-0.15, -0.1) is 0 Å². The average molecular weight is 247 g/mol. The maximum absolute atomic E-state index is 10.2. The van der Waals surface area contributed by atoms with Crippen LogP contribution in [0, 0.1) is 0 Å². The largest absolute Gasteiger partial charge is 0.388 e. The number of hydrogen-bond acceptors (Lipinski definition) is 2. The first-order valence-electron chi connectivity index (χ1n) is 7.24. The van der Waals surface area contributed by atoms with Crippen LogP contribution < -0.4 is 4.90 Å². The van der Waals surface area contributed by atoms with E-state index < -0.39 is 0 Å². The molecule has 2 nitrogen and oxygen atoms in total. The molecule has 1 saturated heterocycles. The molecule has 0 aromatic heterocycles. The third-order valence-corrected chi connectivity index (χ3v) is 4.22. The molecular formula is C16H25NO. The van der Waals surface area contributed by atoms with E-state index >= 15 is 0 Å². The number of aliphatic hydroxyl groups excluding tert-OH is 1. The Morgan fingerprint density at radius 2 is 2.00 bits per heavy atom. The Hall–Kier alpha value is -1.02. The van der Waals surface area contributed by atoms with Gasteiger partial charge in [0, 0.05) is 23.3 Å². The van der Waals surface area contributed by atoms with Crippen molar-refractivity contribution in [2.24, 2.45) is 0 Å². The molecule has 0 bridgehead atoms. The average Bonchev–Trinajstić information content (AvgIpc) is 2.78. The summed E-state index contributed by atoms with van der Waals surface area (Å²) < 4.78 is 0. The maximum Gasteiger partial charge on any atom is 0.0807 e. The standard InChI is InChI=1S/C16H25NO/c1-4-13-11-10-12(3)17(13)15-9-7-6-8-14(15)16(18)5-2/h6-9,12-13,16,18H,4-5,10-11H2,1-3H3/t12?,13?,16-/m1/s1. The molecular weight excluding hydrogens is 222 g/mol. The molecule has 2 unspecified atom stereocenters. The fourth-order valence-corrected chi connectivity index (χ4v) is 3.13. The van der Waals surface area contributed by atoms with Gasteiger partial charge in [0.05, 0.1) is 6.10 Å². The third kappa shape index (κ3) is 2.39. The highest BCUT2D eigenvalue weighted by atomic mass is 16.3. The normalized spacial score (nSPS) is 25.4. The van der Waals surface area contributed by atoms with E-state index in [2.05, 4.69) is 36.9 Å². The molecule has 1 aromatic rings. The minimum atomic E-state index is -0.341. The zero-order chi connectivity index (χ0) is 13.1. The van der Waals surface area contributed by atoms with Crippen LogP contribution in [0.15, 0.2) is 24.3 Å². The number of anilines is 1. The second kappa shape index (κ2) is 5.75. The summed E-state index contributed by atoms with van der Waals surface area (Å²) in [4.78, 5) is 2.52. The van der Waals surface area contributed by atoms with E-state index in [1.807, 2.05) is 13.0 Å². The molecule has 18 heavy (non-hydrogen) atoms. The van der Waals surface area contributed by atoms with Gasteiger partial charge in [0.2, 0.25) is 0 Å². The van der Waals surface area contributed by atoms with Crippen molar-refractivity contribution in [2.45, 2.75) is 64.6 Å². The van der Waals surface area contributed by atoms with E-state index in [-0.39, 0.29) is 6.10 Å². The van der Waals surface area contributed by atoms with Gasteiger partial charge >= 0.3 is 0 Å². The summed E-state index contributed by atoms with van der Waals surface area (Å²) in [7, 11) is 0. The Balaban J connectivity index is 2.37. The van der Waals surface area contributed by atoms with Gasteiger partial charge in [-0.1, -0.05) is 32.0 Å². The minimum Gasteiger partial charge on any atom is -0.388 e. The van der Waals surface area contributed by atoms with Crippen LogP contribution in [0.2, 0.25) is 0 Å². The predicted molar refractivity (Wildman–Crippen MR) is 76.9 cm³/mol. The SMILES string of the molecule is CCC1CCC(C)N1c1ccccc1[C@H](O)CC. The van der Waals surface area contributed by atoms with Gasteiger partial charge < -0.3 is 10.0 Å². The van der Waals surface area contributed by atoms with Crippen LogP contribution in [0.25, 0.3) is 0 Å². The molecule has 1 aromatic carbocycles. The molecule has 0 aliphatic carbocycles. The van der Waals surface area contributed by atoms with Crippen LogP contribution in [0.1, 0.15) is 58.1 Å². The van der Waals surface area contributed by atoms with Crippen molar-refractivity contribution < 1.29 is 5.11 Å². The molecule has 100 valence electrons. The van der Waals surface area contributed by atoms with Crippen LogP contribution in [0.5, 0.6) is 0 Å². The highest BCUT2D eigenvalue weighted by Gasteiger charge is 2.31. The predicted octanol–water partition coefficient (Wildman–Crippen LogP) is 3.90. The summed E-state index contributed by atoms with van der Waals surface area (Å²) in [6.45, 7) is 6.59. The van der Waals surface area contributed by atoms with Crippen molar-refractivity contribution in [3.05, 3.63) is 29.8 Å². The lowest BCUT2D eigenvalue weighted by atomic mass is 10.0. The number of hydrogen-bond donors (Lipinski definition) is 1. The van der Waals surface area contributed by atoms with E-state index in [1.165, 1.54) is 24.9 Å². The van der Waals surface area contributed by atoms with Gasteiger partial charge in [0.1, 0.15) is 0 Å². The van der Waals surface area contributed by atoms with Crippen molar-refractivity contribution in [3.63, 3.8) is 0 Å². The lowest BCUT2D eigenvalue weighted by Gasteiger charge is -2.33. The van der Waals surface area contributed by atoms with Gasteiger partial charge in [0.25, 0.3) is 0 Å². The summed E-state index contributed by atoms with van der Waals surface area (Å²) in [5.74, 6) is 0. The van der Waals surface area contributed by atoms with Gasteiger partial charge in [-0.2, -0.15) is 0 Å². The monoisotopic (exact) mass is 247 g/mol. The number of nitrogens with zero attached hydrogens (tertiary/aromatic N) is 1. The van der Waals surface area contributed by atoms with Crippen LogP contribution >= 0.6 is 0 Å².